The molecule has 0 bridgehead atoms. The van der Waals surface area contributed by atoms with Crippen LogP contribution >= 0.6 is 11.6 Å². The smallest absolute Gasteiger partial charge is 0.275 e. The molecule has 2 heterocycles. The van der Waals surface area contributed by atoms with Gasteiger partial charge in [0.2, 0.25) is 12.3 Å². The van der Waals surface area contributed by atoms with Gasteiger partial charge in [-0.25, -0.2) is 13.8 Å². The third-order valence-electron chi connectivity index (χ3n) is 3.58. The van der Waals surface area contributed by atoms with Crippen LogP contribution in [0.25, 0.3) is 11.5 Å². The van der Waals surface area contributed by atoms with E-state index in [4.69, 9.17) is 16.0 Å². The molecule has 4 nitrogen and oxygen atoms in total. The number of aromatic nitrogens is 1. The van der Waals surface area contributed by atoms with Gasteiger partial charge in [-0.2, -0.15) is 0 Å². The normalized spacial score (nSPS) is 15.2. The summed E-state index contributed by atoms with van der Waals surface area (Å²) in [6.07, 6.45) is -1.24. The summed E-state index contributed by atoms with van der Waals surface area (Å²) < 4.78 is 29.8. The summed E-state index contributed by atoms with van der Waals surface area (Å²) in [6, 6.07) is 7.01. The number of alkyl halides is 2. The Hall–Kier alpha value is -1.95. The molecule has 1 fully saturated rings. The van der Waals surface area contributed by atoms with Crippen molar-refractivity contribution in [1.82, 2.24) is 9.88 Å². The SMILES string of the molecule is O=C(c1coc(-c2ccccc2Cl)n1)N1CC(CC(F)F)C1. The first kappa shape index (κ1) is 15.0. The largest absolute Gasteiger partial charge is 0.444 e. The van der Waals surface area contributed by atoms with Crippen LogP contribution in [-0.4, -0.2) is 35.3 Å². The molecule has 7 heteroatoms. The number of benzene rings is 1. The molecule has 0 saturated carbocycles. The van der Waals surface area contributed by atoms with Crippen molar-refractivity contribution in [1.29, 1.82) is 0 Å². The number of oxazole rings is 1. The molecule has 0 N–H and O–H groups in total. The van der Waals surface area contributed by atoms with Crippen LogP contribution in [0.5, 0.6) is 0 Å². The van der Waals surface area contributed by atoms with Crippen molar-refractivity contribution in [3.8, 4) is 11.5 Å². The minimum atomic E-state index is -2.33. The third kappa shape index (κ3) is 2.97. The summed E-state index contributed by atoms with van der Waals surface area (Å²) in [5.41, 5.74) is 0.757. The van der Waals surface area contributed by atoms with Gasteiger partial charge in [-0.05, 0) is 18.1 Å². The van der Waals surface area contributed by atoms with Gasteiger partial charge in [-0.3, -0.25) is 4.79 Å². The number of hydrogen-bond donors (Lipinski definition) is 0. The Labute approximate surface area is 130 Å². The summed E-state index contributed by atoms with van der Waals surface area (Å²) in [5.74, 6) is -0.190. The minimum absolute atomic E-state index is 0.140. The molecule has 0 radical (unpaired) electrons. The van der Waals surface area contributed by atoms with E-state index in [1.807, 2.05) is 0 Å². The van der Waals surface area contributed by atoms with Gasteiger partial charge in [0.25, 0.3) is 5.91 Å². The molecule has 1 aromatic heterocycles. The first-order chi connectivity index (χ1) is 10.5. The van der Waals surface area contributed by atoms with E-state index in [0.29, 0.717) is 23.7 Å². The lowest BCUT2D eigenvalue weighted by Gasteiger charge is -2.38. The van der Waals surface area contributed by atoms with Gasteiger partial charge in [0.15, 0.2) is 5.69 Å². The molecule has 3 rings (SSSR count). The zero-order chi connectivity index (χ0) is 15.7. The Balaban J connectivity index is 1.67. The fourth-order valence-corrected chi connectivity index (χ4v) is 2.65. The average Bonchev–Trinajstić information content (AvgIpc) is 2.91. The number of halogens is 3. The van der Waals surface area contributed by atoms with Crippen LogP contribution in [0.15, 0.2) is 34.9 Å². The Bertz CT molecular complexity index is 684. The van der Waals surface area contributed by atoms with Crippen LogP contribution in [0.4, 0.5) is 8.78 Å². The molecule has 0 aliphatic carbocycles. The standard InChI is InChI=1S/C15H13ClF2N2O2/c16-11-4-2-1-3-10(11)14-19-12(8-22-14)15(21)20-6-9(7-20)5-13(17)18/h1-4,8-9,13H,5-7H2. The fraction of sp³-hybridized carbons (Fsp3) is 0.333. The third-order valence-corrected chi connectivity index (χ3v) is 3.91. The number of hydrogen-bond acceptors (Lipinski definition) is 3. The Kier molecular flexibility index (Phi) is 4.11. The van der Waals surface area contributed by atoms with E-state index in [-0.39, 0.29) is 29.8 Å². The van der Waals surface area contributed by atoms with Gasteiger partial charge in [0.1, 0.15) is 6.26 Å². The number of amides is 1. The van der Waals surface area contributed by atoms with Crippen molar-refractivity contribution in [2.75, 3.05) is 13.1 Å². The Morgan fingerprint density at radius 1 is 1.41 bits per heavy atom. The number of nitrogens with zero attached hydrogens (tertiary/aromatic N) is 2. The Morgan fingerprint density at radius 2 is 2.14 bits per heavy atom. The van der Waals surface area contributed by atoms with Gasteiger partial charge in [-0.15, -0.1) is 0 Å². The summed E-state index contributed by atoms with van der Waals surface area (Å²) in [4.78, 5) is 17.8. The van der Waals surface area contributed by atoms with Crippen molar-refractivity contribution >= 4 is 17.5 Å². The second-order valence-corrected chi connectivity index (χ2v) is 5.63. The van der Waals surface area contributed by atoms with Crippen molar-refractivity contribution in [3.63, 3.8) is 0 Å². The highest BCUT2D eigenvalue weighted by Crippen LogP contribution is 2.28. The maximum absolute atomic E-state index is 12.2. The molecule has 1 aliphatic rings. The zero-order valence-corrected chi connectivity index (χ0v) is 12.3. The first-order valence-corrected chi connectivity index (χ1v) is 7.20. The number of likely N-dealkylation sites (tertiary alicyclic amines) is 1. The highest BCUT2D eigenvalue weighted by Gasteiger charge is 2.34. The van der Waals surface area contributed by atoms with E-state index in [1.54, 1.807) is 24.3 Å². The van der Waals surface area contributed by atoms with E-state index in [9.17, 15) is 13.6 Å². The van der Waals surface area contributed by atoms with Crippen LogP contribution in [0.1, 0.15) is 16.9 Å². The molecule has 2 aromatic rings. The topological polar surface area (TPSA) is 46.3 Å². The average molecular weight is 327 g/mol. The van der Waals surface area contributed by atoms with E-state index < -0.39 is 6.43 Å². The molecule has 22 heavy (non-hydrogen) atoms. The first-order valence-electron chi connectivity index (χ1n) is 6.82. The predicted molar refractivity (Wildman–Crippen MR) is 77.0 cm³/mol. The lowest BCUT2D eigenvalue weighted by atomic mass is 9.96. The van der Waals surface area contributed by atoms with Crippen LogP contribution in [0, 0.1) is 5.92 Å². The van der Waals surface area contributed by atoms with E-state index >= 15 is 0 Å². The highest BCUT2D eigenvalue weighted by molar-refractivity contribution is 6.33. The molecule has 0 unspecified atom stereocenters. The summed E-state index contributed by atoms with van der Waals surface area (Å²) >= 11 is 6.05. The minimum Gasteiger partial charge on any atom is -0.444 e. The molecule has 1 aliphatic heterocycles. The molecular formula is C15H13ClF2N2O2. The van der Waals surface area contributed by atoms with Crippen molar-refractivity contribution in [2.24, 2.45) is 5.92 Å². The number of carbonyl (C=O) groups is 1. The van der Waals surface area contributed by atoms with Crippen LogP contribution < -0.4 is 0 Å². The number of carbonyl (C=O) groups excluding carboxylic acids is 1. The second-order valence-electron chi connectivity index (χ2n) is 5.22. The molecule has 116 valence electrons. The predicted octanol–water partition coefficient (Wildman–Crippen LogP) is 3.72. The zero-order valence-electron chi connectivity index (χ0n) is 11.5. The molecule has 0 spiro atoms. The van der Waals surface area contributed by atoms with Gasteiger partial charge in [0, 0.05) is 19.5 Å². The maximum Gasteiger partial charge on any atom is 0.275 e. The Morgan fingerprint density at radius 3 is 2.82 bits per heavy atom. The van der Waals surface area contributed by atoms with Gasteiger partial charge < -0.3 is 9.32 Å². The van der Waals surface area contributed by atoms with E-state index in [0.717, 1.165) is 0 Å². The highest BCUT2D eigenvalue weighted by atomic mass is 35.5. The maximum atomic E-state index is 12.2. The van der Waals surface area contributed by atoms with Gasteiger partial charge >= 0.3 is 0 Å². The molecule has 1 aromatic carbocycles. The van der Waals surface area contributed by atoms with E-state index in [1.165, 1.54) is 11.2 Å². The summed E-state index contributed by atoms with van der Waals surface area (Å²) in [7, 11) is 0. The molecule has 1 saturated heterocycles. The lowest BCUT2D eigenvalue weighted by molar-refractivity contribution is 0.0276. The lowest BCUT2D eigenvalue weighted by Crippen LogP contribution is -2.50. The van der Waals surface area contributed by atoms with Gasteiger partial charge in [0.05, 0.1) is 10.6 Å². The van der Waals surface area contributed by atoms with Crippen LogP contribution in [-0.2, 0) is 0 Å². The van der Waals surface area contributed by atoms with Crippen molar-refractivity contribution < 1.29 is 18.0 Å². The molecular weight excluding hydrogens is 314 g/mol. The van der Waals surface area contributed by atoms with Crippen LogP contribution in [0.2, 0.25) is 5.02 Å². The fourth-order valence-electron chi connectivity index (χ4n) is 2.43. The van der Waals surface area contributed by atoms with Crippen molar-refractivity contribution in [2.45, 2.75) is 12.8 Å². The molecule has 0 atom stereocenters. The summed E-state index contributed by atoms with van der Waals surface area (Å²) in [6.45, 7) is 0.662. The quantitative estimate of drug-likeness (QED) is 0.860. The summed E-state index contributed by atoms with van der Waals surface area (Å²) in [5, 5.41) is 0.476. The number of rotatable bonds is 4. The second kappa shape index (κ2) is 6.04. The van der Waals surface area contributed by atoms with E-state index in [2.05, 4.69) is 4.98 Å². The van der Waals surface area contributed by atoms with Crippen LogP contribution in [0.3, 0.4) is 0 Å². The molecule has 1 amide bonds. The monoisotopic (exact) mass is 326 g/mol. The van der Waals surface area contributed by atoms with Crippen molar-refractivity contribution in [3.05, 3.63) is 41.2 Å². The van der Waals surface area contributed by atoms with Gasteiger partial charge in [-0.1, -0.05) is 23.7 Å².